The van der Waals surface area contributed by atoms with Gasteiger partial charge in [0.1, 0.15) is 11.6 Å². The summed E-state index contributed by atoms with van der Waals surface area (Å²) >= 11 is 1.77. The fourth-order valence-corrected chi connectivity index (χ4v) is 4.26. The van der Waals surface area contributed by atoms with E-state index < -0.39 is 0 Å². The summed E-state index contributed by atoms with van der Waals surface area (Å²) in [4.78, 5) is 11.3. The first-order valence-corrected chi connectivity index (χ1v) is 10.7. The Balaban J connectivity index is 1.28. The minimum atomic E-state index is 0.305. The van der Waals surface area contributed by atoms with Crippen LogP contribution >= 0.6 is 11.8 Å². The first-order valence-electron chi connectivity index (χ1n) is 9.89. The maximum atomic E-state index is 4.47. The molecule has 0 amide bonds. The van der Waals surface area contributed by atoms with Gasteiger partial charge in [0, 0.05) is 35.8 Å². The van der Waals surface area contributed by atoms with Gasteiger partial charge in [-0.25, -0.2) is 9.67 Å². The van der Waals surface area contributed by atoms with Gasteiger partial charge in [0.15, 0.2) is 5.96 Å². The van der Waals surface area contributed by atoms with Gasteiger partial charge in [-0.05, 0) is 43.2 Å². The minimum absolute atomic E-state index is 0.305. The normalized spacial score (nSPS) is 16.3. The highest BCUT2D eigenvalue weighted by Gasteiger charge is 2.21. The van der Waals surface area contributed by atoms with Crippen molar-refractivity contribution in [3.8, 4) is 0 Å². The van der Waals surface area contributed by atoms with E-state index in [9.17, 15) is 0 Å². The maximum absolute atomic E-state index is 4.47. The van der Waals surface area contributed by atoms with Crippen LogP contribution in [0.1, 0.15) is 23.6 Å². The molecule has 6 nitrogen and oxygen atoms in total. The van der Waals surface area contributed by atoms with E-state index in [4.69, 9.17) is 0 Å². The number of guanidine groups is 1. The number of rotatable bonds is 5. The Kier molecular flexibility index (Phi) is 6.14. The molecule has 2 aromatic carbocycles. The van der Waals surface area contributed by atoms with Crippen LogP contribution in [0.25, 0.3) is 0 Å². The monoisotopic (exact) mass is 406 g/mol. The average molecular weight is 407 g/mol. The number of nitrogens with zero attached hydrogens (tertiary/aromatic N) is 4. The van der Waals surface area contributed by atoms with Gasteiger partial charge in [0.2, 0.25) is 0 Å². The fourth-order valence-electron chi connectivity index (χ4n) is 3.43. The molecular weight excluding hydrogens is 380 g/mol. The SMILES string of the molecule is CN=C(NCc1ccc(Sc2ccccc2)cc1)NC1CCc2nc(C)nn2C1. The molecule has 2 N–H and O–H groups in total. The van der Waals surface area contributed by atoms with Crippen LogP contribution < -0.4 is 10.6 Å². The Morgan fingerprint density at radius 1 is 1.14 bits per heavy atom. The molecule has 150 valence electrons. The fraction of sp³-hybridized carbons (Fsp3) is 0.318. The van der Waals surface area contributed by atoms with Crippen LogP contribution in [-0.2, 0) is 19.5 Å². The molecule has 1 aliphatic heterocycles. The molecule has 2 heterocycles. The van der Waals surface area contributed by atoms with E-state index in [0.717, 1.165) is 43.5 Å². The first kappa shape index (κ1) is 19.5. The van der Waals surface area contributed by atoms with E-state index in [1.54, 1.807) is 11.8 Å². The third kappa shape index (κ3) is 5.17. The van der Waals surface area contributed by atoms with Gasteiger partial charge >= 0.3 is 0 Å². The lowest BCUT2D eigenvalue weighted by Crippen LogP contribution is -2.46. The summed E-state index contributed by atoms with van der Waals surface area (Å²) in [5.41, 5.74) is 1.23. The smallest absolute Gasteiger partial charge is 0.191 e. The van der Waals surface area contributed by atoms with Crippen molar-refractivity contribution < 1.29 is 0 Å². The van der Waals surface area contributed by atoms with Gasteiger partial charge < -0.3 is 10.6 Å². The van der Waals surface area contributed by atoms with Crippen LogP contribution in [0.2, 0.25) is 0 Å². The molecule has 0 bridgehead atoms. The van der Waals surface area contributed by atoms with Crippen LogP contribution in [-0.4, -0.2) is 33.8 Å². The average Bonchev–Trinajstić information content (AvgIpc) is 3.12. The Morgan fingerprint density at radius 3 is 2.66 bits per heavy atom. The zero-order valence-electron chi connectivity index (χ0n) is 16.8. The van der Waals surface area contributed by atoms with E-state index >= 15 is 0 Å². The predicted octanol–water partition coefficient (Wildman–Crippen LogP) is 3.42. The van der Waals surface area contributed by atoms with Crippen molar-refractivity contribution in [3.63, 3.8) is 0 Å². The first-order chi connectivity index (χ1) is 14.2. The van der Waals surface area contributed by atoms with Crippen molar-refractivity contribution >= 4 is 17.7 Å². The molecule has 0 spiro atoms. The van der Waals surface area contributed by atoms with Gasteiger partial charge in [-0.15, -0.1) is 0 Å². The Bertz CT molecular complexity index is 965. The maximum Gasteiger partial charge on any atom is 0.191 e. The van der Waals surface area contributed by atoms with Gasteiger partial charge in [0.25, 0.3) is 0 Å². The lowest BCUT2D eigenvalue weighted by Gasteiger charge is -2.25. The van der Waals surface area contributed by atoms with E-state index in [-0.39, 0.29) is 0 Å². The molecule has 0 fully saturated rings. The topological polar surface area (TPSA) is 67.1 Å². The number of aliphatic imine (C=N–C) groups is 1. The summed E-state index contributed by atoms with van der Waals surface area (Å²) in [6, 6.07) is 19.4. The Hall–Kier alpha value is -2.80. The quantitative estimate of drug-likeness (QED) is 0.502. The lowest BCUT2D eigenvalue weighted by molar-refractivity contribution is 0.392. The van der Waals surface area contributed by atoms with E-state index in [1.165, 1.54) is 15.4 Å². The van der Waals surface area contributed by atoms with Crippen molar-refractivity contribution in [2.45, 2.75) is 48.7 Å². The van der Waals surface area contributed by atoms with Crippen LogP contribution in [0.5, 0.6) is 0 Å². The molecule has 1 aliphatic rings. The van der Waals surface area contributed by atoms with Crippen molar-refractivity contribution in [2.75, 3.05) is 7.05 Å². The lowest BCUT2D eigenvalue weighted by atomic mass is 10.1. The second-order valence-corrected chi connectivity index (χ2v) is 8.27. The molecule has 3 aromatic rings. The highest BCUT2D eigenvalue weighted by Crippen LogP contribution is 2.27. The largest absolute Gasteiger partial charge is 0.352 e. The third-order valence-corrected chi connectivity index (χ3v) is 5.91. The highest BCUT2D eigenvalue weighted by atomic mass is 32.2. The molecule has 29 heavy (non-hydrogen) atoms. The zero-order valence-corrected chi connectivity index (χ0v) is 17.6. The number of fused-ring (bicyclic) bond motifs is 1. The van der Waals surface area contributed by atoms with Gasteiger partial charge in [-0.3, -0.25) is 4.99 Å². The van der Waals surface area contributed by atoms with Gasteiger partial charge in [-0.2, -0.15) is 5.10 Å². The third-order valence-electron chi connectivity index (χ3n) is 4.89. The number of aryl methyl sites for hydroxylation is 2. The van der Waals surface area contributed by atoms with Crippen molar-refractivity contribution in [2.24, 2.45) is 4.99 Å². The molecule has 0 saturated carbocycles. The second kappa shape index (κ2) is 9.13. The van der Waals surface area contributed by atoms with E-state index in [2.05, 4.69) is 74.2 Å². The summed E-state index contributed by atoms with van der Waals surface area (Å²) < 4.78 is 2.01. The predicted molar refractivity (Wildman–Crippen MR) is 117 cm³/mol. The molecule has 4 rings (SSSR count). The summed E-state index contributed by atoms with van der Waals surface area (Å²) in [6.45, 7) is 3.50. The van der Waals surface area contributed by atoms with Gasteiger partial charge in [-0.1, -0.05) is 42.1 Å². The molecule has 1 atom stereocenters. The van der Waals surface area contributed by atoms with Crippen LogP contribution in [0, 0.1) is 6.92 Å². The molecule has 0 radical (unpaired) electrons. The number of aromatic nitrogens is 3. The minimum Gasteiger partial charge on any atom is -0.352 e. The molecule has 1 unspecified atom stereocenters. The summed E-state index contributed by atoms with van der Waals surface area (Å²) in [5, 5.41) is 11.4. The summed E-state index contributed by atoms with van der Waals surface area (Å²) in [5.74, 6) is 2.74. The molecule has 7 heteroatoms. The van der Waals surface area contributed by atoms with Crippen molar-refractivity contribution in [1.82, 2.24) is 25.4 Å². The Morgan fingerprint density at radius 2 is 1.90 bits per heavy atom. The molecule has 0 saturated heterocycles. The van der Waals surface area contributed by atoms with Crippen LogP contribution in [0.15, 0.2) is 69.4 Å². The second-order valence-electron chi connectivity index (χ2n) is 7.12. The molecule has 1 aromatic heterocycles. The summed E-state index contributed by atoms with van der Waals surface area (Å²) in [7, 11) is 1.81. The van der Waals surface area contributed by atoms with Crippen molar-refractivity contribution in [3.05, 3.63) is 71.8 Å². The van der Waals surface area contributed by atoms with Gasteiger partial charge in [0.05, 0.1) is 6.54 Å². The zero-order chi connectivity index (χ0) is 20.1. The van der Waals surface area contributed by atoms with Crippen LogP contribution in [0.4, 0.5) is 0 Å². The number of hydrogen-bond donors (Lipinski definition) is 2. The van der Waals surface area contributed by atoms with Crippen molar-refractivity contribution in [1.29, 1.82) is 0 Å². The number of benzene rings is 2. The standard InChI is InChI=1S/C22H26N6S/c1-16-25-21-13-10-18(15-28(21)27-16)26-22(23-2)24-14-17-8-11-20(12-9-17)29-19-6-4-3-5-7-19/h3-9,11-12,18H,10,13-15H2,1-2H3,(H2,23,24,26). The number of nitrogens with one attached hydrogen (secondary N) is 2. The Labute approximate surface area is 175 Å². The molecular formula is C22H26N6S. The molecule has 0 aliphatic carbocycles. The highest BCUT2D eigenvalue weighted by molar-refractivity contribution is 7.99. The number of hydrogen-bond acceptors (Lipinski definition) is 4. The summed E-state index contributed by atoms with van der Waals surface area (Å²) in [6.07, 6.45) is 1.97. The van der Waals surface area contributed by atoms with E-state index in [0.29, 0.717) is 6.04 Å². The van der Waals surface area contributed by atoms with Crippen LogP contribution in [0.3, 0.4) is 0 Å². The van der Waals surface area contributed by atoms with E-state index in [1.807, 2.05) is 24.7 Å².